The SMILES string of the molecule is C[C@H](NC(=O)C=Cc1ccccc1)[C@@H]1COc2ccccc2O1. The molecule has 0 saturated carbocycles. The van der Waals surface area contributed by atoms with Crippen molar-refractivity contribution < 1.29 is 14.3 Å². The van der Waals surface area contributed by atoms with Crippen LogP contribution in [-0.4, -0.2) is 24.7 Å². The number of para-hydroxylation sites is 2. The average Bonchev–Trinajstić information content (AvgIpc) is 2.60. The summed E-state index contributed by atoms with van der Waals surface area (Å²) in [6.45, 7) is 2.33. The molecule has 1 heterocycles. The Morgan fingerprint density at radius 3 is 2.61 bits per heavy atom. The Morgan fingerprint density at radius 1 is 1.13 bits per heavy atom. The first-order valence-electron chi connectivity index (χ1n) is 7.64. The summed E-state index contributed by atoms with van der Waals surface area (Å²) in [7, 11) is 0. The first-order chi connectivity index (χ1) is 11.2. The maximum atomic E-state index is 12.0. The Kier molecular flexibility index (Phi) is 4.62. The van der Waals surface area contributed by atoms with Crippen molar-refractivity contribution in [2.45, 2.75) is 19.1 Å². The Hall–Kier alpha value is -2.75. The molecule has 23 heavy (non-hydrogen) atoms. The van der Waals surface area contributed by atoms with Gasteiger partial charge < -0.3 is 14.8 Å². The van der Waals surface area contributed by atoms with Gasteiger partial charge in [-0.3, -0.25) is 4.79 Å². The summed E-state index contributed by atoms with van der Waals surface area (Å²) >= 11 is 0. The van der Waals surface area contributed by atoms with Gasteiger partial charge in [0.05, 0.1) is 6.04 Å². The molecule has 4 nitrogen and oxygen atoms in total. The van der Waals surface area contributed by atoms with Crippen LogP contribution >= 0.6 is 0 Å². The molecule has 0 saturated heterocycles. The fourth-order valence-electron chi connectivity index (χ4n) is 2.38. The molecule has 2 atom stereocenters. The van der Waals surface area contributed by atoms with Gasteiger partial charge in [-0.1, -0.05) is 42.5 Å². The number of hydrogen-bond acceptors (Lipinski definition) is 3. The topological polar surface area (TPSA) is 47.6 Å². The minimum atomic E-state index is -0.209. The fourth-order valence-corrected chi connectivity index (χ4v) is 2.38. The molecular formula is C19H19NO3. The van der Waals surface area contributed by atoms with E-state index in [1.807, 2.05) is 61.5 Å². The molecule has 118 valence electrons. The quantitative estimate of drug-likeness (QED) is 0.883. The smallest absolute Gasteiger partial charge is 0.244 e. The van der Waals surface area contributed by atoms with E-state index in [4.69, 9.17) is 9.47 Å². The minimum Gasteiger partial charge on any atom is -0.486 e. The molecule has 3 rings (SSSR count). The molecule has 1 N–H and O–H groups in total. The van der Waals surface area contributed by atoms with Crippen molar-refractivity contribution in [1.82, 2.24) is 5.32 Å². The van der Waals surface area contributed by atoms with E-state index in [9.17, 15) is 4.79 Å². The molecule has 0 fully saturated rings. The van der Waals surface area contributed by atoms with Crippen LogP contribution in [0.15, 0.2) is 60.7 Å². The van der Waals surface area contributed by atoms with Crippen molar-refractivity contribution in [3.8, 4) is 11.5 Å². The summed E-state index contributed by atoms with van der Waals surface area (Å²) in [6, 6.07) is 17.1. The Labute approximate surface area is 135 Å². The lowest BCUT2D eigenvalue weighted by molar-refractivity contribution is -0.117. The zero-order valence-electron chi connectivity index (χ0n) is 12.9. The number of benzene rings is 2. The van der Waals surface area contributed by atoms with Crippen LogP contribution in [0.4, 0.5) is 0 Å². The van der Waals surface area contributed by atoms with Crippen LogP contribution in [0.2, 0.25) is 0 Å². The molecule has 0 unspecified atom stereocenters. The van der Waals surface area contributed by atoms with Crippen LogP contribution in [0, 0.1) is 0 Å². The van der Waals surface area contributed by atoms with Crippen molar-refractivity contribution in [3.63, 3.8) is 0 Å². The van der Waals surface area contributed by atoms with Gasteiger partial charge in [-0.05, 0) is 30.7 Å². The number of nitrogens with one attached hydrogen (secondary N) is 1. The monoisotopic (exact) mass is 309 g/mol. The zero-order valence-corrected chi connectivity index (χ0v) is 12.9. The van der Waals surface area contributed by atoms with Gasteiger partial charge in [-0.25, -0.2) is 0 Å². The number of ether oxygens (including phenoxy) is 2. The minimum absolute atomic E-state index is 0.149. The predicted octanol–water partition coefficient (Wildman–Crippen LogP) is 3.04. The molecule has 4 heteroatoms. The molecule has 1 aliphatic rings. The second-order valence-corrected chi connectivity index (χ2v) is 5.46. The van der Waals surface area contributed by atoms with Crippen molar-refractivity contribution in [3.05, 3.63) is 66.2 Å². The first-order valence-corrected chi connectivity index (χ1v) is 7.64. The fraction of sp³-hybridized carbons (Fsp3) is 0.211. The number of hydrogen-bond donors (Lipinski definition) is 1. The van der Waals surface area contributed by atoms with Crippen LogP contribution in [0.1, 0.15) is 12.5 Å². The summed E-state index contributed by atoms with van der Waals surface area (Å²) in [5.74, 6) is 1.31. The molecular weight excluding hydrogens is 290 g/mol. The molecule has 1 aliphatic heterocycles. The summed E-state index contributed by atoms with van der Waals surface area (Å²) in [4.78, 5) is 12.0. The summed E-state index contributed by atoms with van der Waals surface area (Å²) < 4.78 is 11.6. The lowest BCUT2D eigenvalue weighted by Gasteiger charge is -2.30. The predicted molar refractivity (Wildman–Crippen MR) is 89.4 cm³/mol. The van der Waals surface area contributed by atoms with Crippen LogP contribution in [0.25, 0.3) is 6.08 Å². The summed E-state index contributed by atoms with van der Waals surface area (Å²) in [6.07, 6.45) is 3.11. The van der Waals surface area contributed by atoms with E-state index >= 15 is 0 Å². The first kappa shape index (κ1) is 15.2. The van der Waals surface area contributed by atoms with Gasteiger partial charge in [0, 0.05) is 6.08 Å². The number of rotatable bonds is 4. The van der Waals surface area contributed by atoms with Crippen molar-refractivity contribution in [2.24, 2.45) is 0 Å². The number of carbonyl (C=O) groups is 1. The summed E-state index contributed by atoms with van der Waals surface area (Å²) in [5, 5.41) is 2.92. The second-order valence-electron chi connectivity index (χ2n) is 5.46. The van der Waals surface area contributed by atoms with E-state index in [-0.39, 0.29) is 18.1 Å². The van der Waals surface area contributed by atoms with Gasteiger partial charge in [0.15, 0.2) is 17.6 Å². The highest BCUT2D eigenvalue weighted by Gasteiger charge is 2.26. The molecule has 1 amide bonds. The third kappa shape index (κ3) is 3.92. The van der Waals surface area contributed by atoms with Gasteiger partial charge in [-0.2, -0.15) is 0 Å². The zero-order chi connectivity index (χ0) is 16.1. The van der Waals surface area contributed by atoms with E-state index < -0.39 is 0 Å². The third-order valence-electron chi connectivity index (χ3n) is 3.68. The second kappa shape index (κ2) is 7.01. The van der Waals surface area contributed by atoms with Gasteiger partial charge in [0.2, 0.25) is 5.91 Å². The van der Waals surface area contributed by atoms with Gasteiger partial charge >= 0.3 is 0 Å². The average molecular weight is 309 g/mol. The van der Waals surface area contributed by atoms with E-state index in [2.05, 4.69) is 5.32 Å². The van der Waals surface area contributed by atoms with Crippen molar-refractivity contribution in [2.75, 3.05) is 6.61 Å². The van der Waals surface area contributed by atoms with Crippen LogP contribution in [0.3, 0.4) is 0 Å². The number of fused-ring (bicyclic) bond motifs is 1. The Morgan fingerprint density at radius 2 is 1.83 bits per heavy atom. The standard InChI is InChI=1S/C19H19NO3/c1-14(18-13-22-16-9-5-6-10-17(16)23-18)20-19(21)12-11-15-7-3-2-4-8-15/h2-12,14,18H,13H2,1H3,(H,20,21)/t14-,18-/m0/s1. The molecule has 0 aromatic heterocycles. The highest BCUT2D eigenvalue weighted by Crippen LogP contribution is 2.31. The molecule has 2 aromatic rings. The van der Waals surface area contributed by atoms with Crippen LogP contribution in [0.5, 0.6) is 11.5 Å². The van der Waals surface area contributed by atoms with E-state index in [1.54, 1.807) is 6.08 Å². The van der Waals surface area contributed by atoms with E-state index in [0.717, 1.165) is 11.3 Å². The molecule has 0 radical (unpaired) electrons. The number of amides is 1. The van der Waals surface area contributed by atoms with Gasteiger partial charge in [0.25, 0.3) is 0 Å². The summed E-state index contributed by atoms with van der Waals surface area (Å²) in [5.41, 5.74) is 0.987. The molecule has 2 aromatic carbocycles. The van der Waals surface area contributed by atoms with Gasteiger partial charge in [-0.15, -0.1) is 0 Å². The van der Waals surface area contributed by atoms with Crippen LogP contribution < -0.4 is 14.8 Å². The van der Waals surface area contributed by atoms with E-state index in [1.165, 1.54) is 6.08 Å². The van der Waals surface area contributed by atoms with Crippen molar-refractivity contribution >= 4 is 12.0 Å². The Balaban J connectivity index is 1.56. The highest BCUT2D eigenvalue weighted by atomic mass is 16.6. The third-order valence-corrected chi connectivity index (χ3v) is 3.68. The van der Waals surface area contributed by atoms with Crippen molar-refractivity contribution in [1.29, 1.82) is 0 Å². The maximum absolute atomic E-state index is 12.0. The molecule has 0 aliphatic carbocycles. The van der Waals surface area contributed by atoms with Gasteiger partial charge in [0.1, 0.15) is 6.61 Å². The normalized spacial score (nSPS) is 17.7. The van der Waals surface area contributed by atoms with E-state index in [0.29, 0.717) is 12.4 Å². The largest absolute Gasteiger partial charge is 0.486 e. The van der Waals surface area contributed by atoms with Crippen LogP contribution in [-0.2, 0) is 4.79 Å². The Bertz CT molecular complexity index is 697. The maximum Gasteiger partial charge on any atom is 0.244 e. The molecule has 0 bridgehead atoms. The lowest BCUT2D eigenvalue weighted by atomic mass is 10.1. The highest BCUT2D eigenvalue weighted by molar-refractivity contribution is 5.91. The number of carbonyl (C=O) groups excluding carboxylic acids is 1. The lowest BCUT2D eigenvalue weighted by Crippen LogP contribution is -2.47. The molecule has 0 spiro atoms.